The van der Waals surface area contributed by atoms with E-state index in [-0.39, 0.29) is 23.6 Å². The van der Waals surface area contributed by atoms with Crippen molar-refractivity contribution in [2.75, 3.05) is 12.4 Å². The number of thioether (sulfide) groups is 1. The van der Waals surface area contributed by atoms with Gasteiger partial charge in [-0.15, -0.1) is 11.3 Å². The Bertz CT molecular complexity index is 1110. The van der Waals surface area contributed by atoms with Gasteiger partial charge in [-0.2, -0.15) is 0 Å². The lowest BCUT2D eigenvalue weighted by molar-refractivity contribution is -0.142. The van der Waals surface area contributed by atoms with Crippen LogP contribution < -0.4 is 11.2 Å². The smallest absolute Gasteiger partial charge is 0.332 e. The van der Waals surface area contributed by atoms with Crippen molar-refractivity contribution < 1.29 is 9.53 Å². The molecule has 0 unspecified atom stereocenters. The van der Waals surface area contributed by atoms with Crippen LogP contribution in [0.15, 0.2) is 25.6 Å². The Kier molecular flexibility index (Phi) is 6.35. The molecule has 0 aromatic carbocycles. The van der Waals surface area contributed by atoms with E-state index in [1.54, 1.807) is 25.6 Å². The molecule has 3 aromatic rings. The normalized spacial score (nSPS) is 11.2. The van der Waals surface area contributed by atoms with Crippen LogP contribution in [0.4, 0.5) is 0 Å². The largest absolute Gasteiger partial charge is 0.466 e. The average Bonchev–Trinajstić information content (AvgIpc) is 3.26. The number of aryl methyl sites for hydroxylation is 2. The fourth-order valence-corrected chi connectivity index (χ4v) is 4.61. The first-order valence-corrected chi connectivity index (χ1v) is 10.6. The zero-order valence-electron chi connectivity index (χ0n) is 15.9. The molecule has 3 rings (SSSR count). The predicted molar refractivity (Wildman–Crippen MR) is 108 cm³/mol. The van der Waals surface area contributed by atoms with Crippen molar-refractivity contribution in [2.24, 2.45) is 14.1 Å². The van der Waals surface area contributed by atoms with Crippen molar-refractivity contribution in [2.45, 2.75) is 30.6 Å². The number of fused-ring (bicyclic) bond motifs is 1. The Morgan fingerprint density at radius 3 is 2.86 bits per heavy atom. The van der Waals surface area contributed by atoms with Gasteiger partial charge in [0.2, 0.25) is 0 Å². The third-order valence-corrected chi connectivity index (χ3v) is 6.27. The molecule has 0 aliphatic heterocycles. The molecule has 0 N–H and O–H groups in total. The second-order valence-electron chi connectivity index (χ2n) is 6.11. The molecule has 150 valence electrons. The second kappa shape index (κ2) is 8.74. The highest BCUT2D eigenvalue weighted by atomic mass is 32.2. The Labute approximate surface area is 169 Å². The highest BCUT2D eigenvalue weighted by Gasteiger charge is 2.14. The number of thiazole rings is 1. The van der Waals surface area contributed by atoms with Gasteiger partial charge in [-0.1, -0.05) is 11.8 Å². The van der Waals surface area contributed by atoms with Gasteiger partial charge in [-0.25, -0.2) is 14.8 Å². The summed E-state index contributed by atoms with van der Waals surface area (Å²) in [5, 5.41) is 1.84. The molecule has 0 atom stereocenters. The van der Waals surface area contributed by atoms with Crippen LogP contribution in [0.1, 0.15) is 19.0 Å². The molecule has 0 aliphatic rings. The van der Waals surface area contributed by atoms with Gasteiger partial charge < -0.3 is 9.30 Å². The summed E-state index contributed by atoms with van der Waals surface area (Å²) < 4.78 is 10.0. The van der Waals surface area contributed by atoms with Gasteiger partial charge in [-0.05, 0) is 13.3 Å². The summed E-state index contributed by atoms with van der Waals surface area (Å²) in [6.45, 7) is 2.44. The lowest BCUT2D eigenvalue weighted by Gasteiger charge is -2.08. The molecule has 0 amide bonds. The van der Waals surface area contributed by atoms with E-state index in [1.165, 1.54) is 38.6 Å². The minimum atomic E-state index is -0.368. The van der Waals surface area contributed by atoms with E-state index in [2.05, 4.69) is 9.97 Å². The van der Waals surface area contributed by atoms with Crippen LogP contribution in [0.25, 0.3) is 11.2 Å². The van der Waals surface area contributed by atoms with Crippen molar-refractivity contribution in [1.82, 2.24) is 23.7 Å². The summed E-state index contributed by atoms with van der Waals surface area (Å²) in [5.74, 6) is 0.413. The van der Waals surface area contributed by atoms with Gasteiger partial charge in [-0.3, -0.25) is 18.7 Å². The number of hydrogen-bond donors (Lipinski definition) is 0. The summed E-state index contributed by atoms with van der Waals surface area (Å²) in [6.07, 6.45) is 2.33. The molecule has 0 aliphatic carbocycles. The van der Waals surface area contributed by atoms with Crippen LogP contribution in [0, 0.1) is 0 Å². The van der Waals surface area contributed by atoms with Crippen LogP contribution in [-0.2, 0) is 36.6 Å². The molecular weight excluding hydrogens is 402 g/mol. The summed E-state index contributed by atoms with van der Waals surface area (Å²) >= 11 is 3.01. The van der Waals surface area contributed by atoms with Crippen LogP contribution in [0.5, 0.6) is 0 Å². The van der Waals surface area contributed by atoms with Crippen molar-refractivity contribution in [3.8, 4) is 0 Å². The first kappa shape index (κ1) is 20.3. The minimum absolute atomic E-state index is 0.168. The van der Waals surface area contributed by atoms with Gasteiger partial charge in [0.15, 0.2) is 11.2 Å². The fourth-order valence-electron chi connectivity index (χ4n) is 2.77. The van der Waals surface area contributed by atoms with E-state index >= 15 is 0 Å². The SMILES string of the molecule is CCOC(=O)Cc1csc(SCCCn2c(=O)c3c(ncn3C)n(C)c2=O)n1. The minimum Gasteiger partial charge on any atom is -0.466 e. The maximum Gasteiger partial charge on any atom is 0.332 e. The van der Waals surface area contributed by atoms with Crippen molar-refractivity contribution in [3.63, 3.8) is 0 Å². The molecule has 3 aromatic heterocycles. The Morgan fingerprint density at radius 1 is 1.32 bits per heavy atom. The number of aromatic nitrogens is 5. The molecule has 0 spiro atoms. The zero-order valence-corrected chi connectivity index (χ0v) is 17.5. The summed E-state index contributed by atoms with van der Waals surface area (Å²) in [5.41, 5.74) is 0.803. The van der Waals surface area contributed by atoms with E-state index in [1.807, 2.05) is 5.38 Å². The third kappa shape index (κ3) is 4.20. The number of imidazole rings is 1. The van der Waals surface area contributed by atoms with Crippen molar-refractivity contribution in [1.29, 1.82) is 0 Å². The monoisotopic (exact) mass is 423 g/mol. The van der Waals surface area contributed by atoms with E-state index in [0.717, 1.165) is 4.34 Å². The molecule has 11 heteroatoms. The van der Waals surface area contributed by atoms with Gasteiger partial charge in [0.25, 0.3) is 5.56 Å². The predicted octanol–water partition coefficient (Wildman–Crippen LogP) is 1.18. The molecular formula is C17H21N5O4S2. The second-order valence-corrected chi connectivity index (χ2v) is 8.31. The van der Waals surface area contributed by atoms with Crippen molar-refractivity contribution in [3.05, 3.63) is 38.2 Å². The molecule has 28 heavy (non-hydrogen) atoms. The fraction of sp³-hybridized carbons (Fsp3) is 0.471. The quantitative estimate of drug-likeness (QED) is 0.305. The molecule has 9 nitrogen and oxygen atoms in total. The summed E-state index contributed by atoms with van der Waals surface area (Å²) in [4.78, 5) is 45.1. The van der Waals surface area contributed by atoms with E-state index in [9.17, 15) is 14.4 Å². The average molecular weight is 424 g/mol. The number of ether oxygens (including phenoxy) is 1. The number of carbonyl (C=O) groups excluding carboxylic acids is 1. The van der Waals surface area contributed by atoms with Crippen LogP contribution >= 0.6 is 23.1 Å². The standard InChI is InChI=1S/C17H21N5O4S2/c1-4-26-12(23)8-11-9-28-16(19-11)27-7-5-6-22-15(24)13-14(18-10-20(13)2)21(3)17(22)25/h9-10H,4-8H2,1-3H3. The van der Waals surface area contributed by atoms with Gasteiger partial charge >= 0.3 is 11.7 Å². The summed E-state index contributed by atoms with van der Waals surface area (Å²) in [6, 6.07) is 0. The molecule has 0 fully saturated rings. The molecule has 0 radical (unpaired) electrons. The van der Waals surface area contributed by atoms with E-state index in [0.29, 0.717) is 42.2 Å². The lowest BCUT2D eigenvalue weighted by atomic mass is 10.3. The first-order chi connectivity index (χ1) is 13.4. The van der Waals surface area contributed by atoms with E-state index < -0.39 is 0 Å². The Hall–Kier alpha value is -2.40. The number of rotatable bonds is 8. The Balaban J connectivity index is 1.61. The summed E-state index contributed by atoms with van der Waals surface area (Å²) in [7, 11) is 3.35. The van der Waals surface area contributed by atoms with Gasteiger partial charge in [0.1, 0.15) is 4.34 Å². The lowest BCUT2D eigenvalue weighted by Crippen LogP contribution is -2.39. The molecule has 0 saturated carbocycles. The number of carbonyl (C=O) groups is 1. The molecule has 0 saturated heterocycles. The van der Waals surface area contributed by atoms with Crippen LogP contribution in [0.3, 0.4) is 0 Å². The van der Waals surface area contributed by atoms with Crippen molar-refractivity contribution >= 4 is 40.2 Å². The van der Waals surface area contributed by atoms with Crippen LogP contribution in [-0.4, -0.2) is 42.0 Å². The van der Waals surface area contributed by atoms with Crippen LogP contribution in [0.2, 0.25) is 0 Å². The highest BCUT2D eigenvalue weighted by Crippen LogP contribution is 2.23. The number of esters is 1. The third-order valence-electron chi connectivity index (χ3n) is 4.11. The van der Waals surface area contributed by atoms with E-state index in [4.69, 9.17) is 4.74 Å². The first-order valence-electron chi connectivity index (χ1n) is 8.76. The van der Waals surface area contributed by atoms with Gasteiger partial charge in [0.05, 0.1) is 25.0 Å². The highest BCUT2D eigenvalue weighted by molar-refractivity contribution is 8.00. The maximum absolute atomic E-state index is 12.6. The van der Waals surface area contributed by atoms with Gasteiger partial charge in [0, 0.05) is 31.8 Å². The Morgan fingerprint density at radius 2 is 2.11 bits per heavy atom. The number of nitrogens with zero attached hydrogens (tertiary/aromatic N) is 5. The zero-order chi connectivity index (χ0) is 20.3. The maximum atomic E-state index is 12.6. The molecule has 0 bridgehead atoms. The number of hydrogen-bond acceptors (Lipinski definition) is 8. The topological polar surface area (TPSA) is 101 Å². The molecule has 3 heterocycles.